The van der Waals surface area contributed by atoms with E-state index in [1.165, 1.54) is 11.1 Å². The first-order chi connectivity index (χ1) is 41.0. The zero-order chi connectivity index (χ0) is 65.7. The molecule has 0 saturated heterocycles. The molecule has 0 aromatic heterocycles. The second-order valence-corrected chi connectivity index (χ2v) is 21.4. The zero-order valence-corrected chi connectivity index (χ0v) is 63.1. The minimum atomic E-state index is -0.401. The Labute approximate surface area is 559 Å². The standard InChI is InChI=1S/2C17H20N2O2.2C15H20N2O.4C2H6.2W/c1-11(2)15-14(10-20)18-17(21)19(12(3)4)16(15)13-8-6-5-7-9-13;1-11(2)15-14(10-20)16(13-8-6-5-7-9-13)19(12(3)4)17(21)18-15;1-10(2)13-11(3)16-15(18)17(4)14(13)12-8-6-5-7-9-12;1-10(2)17-14(13-8-6-5-7-9-13)11(3)12(4)16-15(17)18;4*1-2;;/h2*5-9,12,16H,1-4H3,(H,18,21);2*5-10,14H,1-4H3,(H,16,18);4*1-2H3;;/q2*-2;;;;;;;2*+2. The number of rotatable bonds is 12. The van der Waals surface area contributed by atoms with Crippen LogP contribution in [0.3, 0.4) is 0 Å². The van der Waals surface area contributed by atoms with Gasteiger partial charge in [-0.15, -0.1) is 34.0 Å². The molecular formula is C72H104N8O6W2. The van der Waals surface area contributed by atoms with E-state index in [1.54, 1.807) is 14.7 Å². The molecule has 0 saturated carbocycles. The summed E-state index contributed by atoms with van der Waals surface area (Å²) < 4.78 is 0. The third-order valence-corrected chi connectivity index (χ3v) is 14.1. The van der Waals surface area contributed by atoms with Gasteiger partial charge in [-0.25, -0.2) is 15.3 Å². The maximum atomic E-state index is 12.4. The molecule has 4 N–H and O–H groups in total. The molecule has 480 valence electrons. The van der Waals surface area contributed by atoms with Gasteiger partial charge in [0.1, 0.15) is 0 Å². The van der Waals surface area contributed by atoms with Crippen LogP contribution >= 0.6 is 0 Å². The van der Waals surface area contributed by atoms with Crippen molar-refractivity contribution >= 4 is 36.7 Å². The number of carbonyl (C=O) groups excluding carboxylic acids is 6. The van der Waals surface area contributed by atoms with Gasteiger partial charge in [-0.2, -0.15) is 0 Å². The van der Waals surface area contributed by atoms with Crippen LogP contribution in [0.4, 0.5) is 19.2 Å². The molecule has 0 radical (unpaired) electrons. The monoisotopic (exact) mass is 1540 g/mol. The molecule has 4 heterocycles. The van der Waals surface area contributed by atoms with E-state index in [1.807, 2.05) is 260 Å². The molecule has 16 heteroatoms. The van der Waals surface area contributed by atoms with Gasteiger partial charge in [-0.1, -0.05) is 197 Å². The minimum Gasteiger partial charge on any atom is -0.440 e. The van der Waals surface area contributed by atoms with Crippen LogP contribution < -0.4 is 21.3 Å². The molecule has 0 spiro atoms. The van der Waals surface area contributed by atoms with Crippen LogP contribution in [-0.2, 0) is 51.7 Å². The zero-order valence-electron chi connectivity index (χ0n) is 57.2. The number of nitrogens with one attached hydrogen (secondary N) is 4. The molecule has 0 fully saturated rings. The molecule has 8 amide bonds. The van der Waals surface area contributed by atoms with Crippen molar-refractivity contribution < 1.29 is 70.9 Å². The maximum Gasteiger partial charge on any atom is 2.00 e. The van der Waals surface area contributed by atoms with Crippen LogP contribution in [0.1, 0.15) is 206 Å². The number of allylic oxidation sites excluding steroid dienone is 4. The average Bonchev–Trinajstić information content (AvgIpc) is 3.53. The third kappa shape index (κ3) is 21.9. The average molecular weight is 1550 g/mol. The van der Waals surface area contributed by atoms with E-state index in [-0.39, 0.29) is 108 Å². The van der Waals surface area contributed by atoms with Gasteiger partial charge in [0.05, 0.1) is 12.1 Å². The quantitative estimate of drug-likeness (QED) is 0.103. The number of amides is 8. The molecule has 14 nitrogen and oxygen atoms in total. The summed E-state index contributed by atoms with van der Waals surface area (Å²) in [6.45, 7) is 45.9. The van der Waals surface area contributed by atoms with Crippen LogP contribution in [0.2, 0.25) is 0 Å². The van der Waals surface area contributed by atoms with Crippen molar-refractivity contribution in [2.75, 3.05) is 7.05 Å². The van der Waals surface area contributed by atoms with Gasteiger partial charge in [-0.05, 0) is 114 Å². The molecule has 4 unspecified atom stereocenters. The number of carbonyl (C=O) groups is 4. The summed E-state index contributed by atoms with van der Waals surface area (Å²) in [5.74, 6) is 2.29. The van der Waals surface area contributed by atoms with Crippen molar-refractivity contribution in [3.8, 4) is 0 Å². The number of hydrogen-bond acceptors (Lipinski definition) is 6. The van der Waals surface area contributed by atoms with Crippen LogP contribution in [0.15, 0.2) is 166 Å². The molecular weight excluding hydrogens is 1440 g/mol. The molecule has 8 rings (SSSR count). The van der Waals surface area contributed by atoms with Crippen molar-refractivity contribution in [2.45, 2.75) is 202 Å². The molecule has 4 aromatic rings. The summed E-state index contributed by atoms with van der Waals surface area (Å²) in [6, 6.07) is 38.8. The van der Waals surface area contributed by atoms with Crippen molar-refractivity contribution in [1.82, 2.24) is 40.9 Å². The Morgan fingerprint density at radius 3 is 1.10 bits per heavy atom. The Morgan fingerprint density at radius 2 is 0.750 bits per heavy atom. The fourth-order valence-electron chi connectivity index (χ4n) is 10.4. The molecule has 4 aromatic carbocycles. The molecule has 4 atom stereocenters. The second kappa shape index (κ2) is 42.3. The van der Waals surface area contributed by atoms with E-state index < -0.39 is 6.04 Å². The fraction of sp³-hybridized carbons (Fsp3) is 0.444. The topological polar surface area (TPSA) is 164 Å². The SMILES string of the molecule is CC.CC.CC.CC.CC1=C(C(C)C)C(c2ccccc2)N(C)C(=O)N1.CC1=C(C)C(c2ccccc2)N(C(C)C)C(=O)N1.C[C-](C)C1=C([C-]=O)C(c2ccccc2)N(C(C)C)C(=O)N1.C[C-](C)C1=C([C-]=O)NC(=O)N(C(C)C)C1c1ccccc1.[W+2].[W+2]. The molecule has 88 heavy (non-hydrogen) atoms. The van der Waals surface area contributed by atoms with Crippen molar-refractivity contribution in [1.29, 1.82) is 0 Å². The van der Waals surface area contributed by atoms with Gasteiger partial charge in [-0.3, -0.25) is 32.7 Å². The van der Waals surface area contributed by atoms with E-state index in [4.69, 9.17) is 0 Å². The summed E-state index contributed by atoms with van der Waals surface area (Å²) in [6.07, 6.45) is 3.92. The predicted octanol–water partition coefficient (Wildman–Crippen LogP) is 17.1. The number of nitrogens with zero attached hydrogens (tertiary/aromatic N) is 4. The third-order valence-electron chi connectivity index (χ3n) is 14.1. The van der Waals surface area contributed by atoms with Gasteiger partial charge >= 0.3 is 66.3 Å². The van der Waals surface area contributed by atoms with Gasteiger partial charge < -0.3 is 56.0 Å². The minimum absolute atomic E-state index is 0. The first kappa shape index (κ1) is 83.4. The van der Waals surface area contributed by atoms with E-state index in [2.05, 4.69) is 66.3 Å². The smallest absolute Gasteiger partial charge is 0.440 e. The van der Waals surface area contributed by atoms with E-state index in [9.17, 15) is 28.8 Å². The van der Waals surface area contributed by atoms with Crippen molar-refractivity contribution in [3.63, 3.8) is 0 Å². The van der Waals surface area contributed by atoms with Crippen LogP contribution in [-0.4, -0.2) is 81.5 Å². The van der Waals surface area contributed by atoms with Gasteiger partial charge in [0.25, 0.3) is 0 Å². The van der Waals surface area contributed by atoms with Gasteiger partial charge in [0.15, 0.2) is 0 Å². The van der Waals surface area contributed by atoms with Crippen molar-refractivity contribution in [3.05, 3.63) is 200 Å². The largest absolute Gasteiger partial charge is 2.00 e. The Morgan fingerprint density at radius 1 is 0.420 bits per heavy atom. The van der Waals surface area contributed by atoms with E-state index in [0.717, 1.165) is 51.1 Å². The second-order valence-electron chi connectivity index (χ2n) is 21.4. The Balaban J connectivity index is 0. The molecule has 0 bridgehead atoms. The summed E-state index contributed by atoms with van der Waals surface area (Å²) in [5, 5.41) is 11.3. The Kier molecular flexibility index (Phi) is 40.1. The molecule has 4 aliphatic rings. The van der Waals surface area contributed by atoms with E-state index in [0.29, 0.717) is 17.2 Å². The van der Waals surface area contributed by atoms with Crippen molar-refractivity contribution in [2.24, 2.45) is 5.92 Å². The van der Waals surface area contributed by atoms with Gasteiger partial charge in [0, 0.05) is 36.6 Å². The summed E-state index contributed by atoms with van der Waals surface area (Å²) >= 11 is 0. The van der Waals surface area contributed by atoms with Crippen LogP contribution in [0.5, 0.6) is 0 Å². The number of urea groups is 4. The summed E-state index contributed by atoms with van der Waals surface area (Å²) in [5.41, 5.74) is 10.8. The fourth-order valence-corrected chi connectivity index (χ4v) is 10.4. The number of hydrogen-bond donors (Lipinski definition) is 4. The normalized spacial score (nSPS) is 17.6. The van der Waals surface area contributed by atoms with Crippen LogP contribution in [0.25, 0.3) is 0 Å². The Hall–Kier alpha value is -6.62. The van der Waals surface area contributed by atoms with Gasteiger partial charge in [0.2, 0.25) is 0 Å². The predicted molar refractivity (Wildman–Crippen MR) is 355 cm³/mol. The van der Waals surface area contributed by atoms with Crippen LogP contribution in [0, 0.1) is 17.8 Å². The Bertz CT molecular complexity index is 2830. The molecule has 4 aliphatic heterocycles. The maximum absolute atomic E-state index is 12.4. The van der Waals surface area contributed by atoms with E-state index >= 15 is 0 Å². The number of benzene rings is 4. The molecule has 0 aliphatic carbocycles. The summed E-state index contributed by atoms with van der Waals surface area (Å²) in [4.78, 5) is 78.8. The first-order valence-electron chi connectivity index (χ1n) is 30.7. The summed E-state index contributed by atoms with van der Waals surface area (Å²) in [7, 11) is 1.85. The first-order valence-corrected chi connectivity index (χ1v) is 30.7. The number of likely N-dealkylation sites (N-methyl/N-ethyl adjacent to an activating group) is 1.